The topological polar surface area (TPSA) is 38.3 Å². The van der Waals surface area contributed by atoms with Crippen LogP contribution < -0.4 is 5.32 Å². The second-order valence-electron chi connectivity index (χ2n) is 4.92. The summed E-state index contributed by atoms with van der Waals surface area (Å²) in [4.78, 5) is 11.7. The molecule has 0 radical (unpaired) electrons. The third-order valence-corrected chi connectivity index (χ3v) is 3.00. The lowest BCUT2D eigenvalue weighted by molar-refractivity contribution is 0.132. The van der Waals surface area contributed by atoms with Gasteiger partial charge in [-0.3, -0.25) is 0 Å². The molecule has 0 aromatic heterocycles. The van der Waals surface area contributed by atoms with E-state index < -0.39 is 0 Å². The summed E-state index contributed by atoms with van der Waals surface area (Å²) in [6, 6.07) is 9.79. The van der Waals surface area contributed by atoms with Crippen LogP contribution in [0.3, 0.4) is 0 Å². The molecule has 0 saturated heterocycles. The van der Waals surface area contributed by atoms with E-state index in [1.54, 1.807) is 0 Å². The van der Waals surface area contributed by atoms with E-state index in [1.165, 1.54) is 0 Å². The number of amides is 1. The molecular formula is C16H23NO2. The van der Waals surface area contributed by atoms with Crippen molar-refractivity contribution in [3.63, 3.8) is 0 Å². The van der Waals surface area contributed by atoms with Crippen LogP contribution in [-0.2, 0) is 11.3 Å². The molecular weight excluding hydrogens is 238 g/mol. The summed E-state index contributed by atoms with van der Waals surface area (Å²) in [5, 5.41) is 2.91. The highest BCUT2D eigenvalue weighted by Gasteiger charge is 2.16. The molecule has 3 heteroatoms. The van der Waals surface area contributed by atoms with Gasteiger partial charge in [-0.2, -0.15) is 0 Å². The summed E-state index contributed by atoms with van der Waals surface area (Å²) >= 11 is 0. The van der Waals surface area contributed by atoms with Gasteiger partial charge in [-0.15, -0.1) is 6.58 Å². The van der Waals surface area contributed by atoms with E-state index in [2.05, 4.69) is 25.7 Å². The Bertz CT molecular complexity index is 387. The van der Waals surface area contributed by atoms with E-state index in [-0.39, 0.29) is 12.1 Å². The number of ether oxygens (including phenoxy) is 1. The summed E-state index contributed by atoms with van der Waals surface area (Å²) in [6.07, 6.45) is 3.29. The van der Waals surface area contributed by atoms with E-state index in [0.29, 0.717) is 12.5 Å². The highest BCUT2D eigenvalue weighted by atomic mass is 16.5. The minimum absolute atomic E-state index is 0.126. The molecule has 3 nitrogen and oxygen atoms in total. The van der Waals surface area contributed by atoms with Crippen molar-refractivity contribution in [1.29, 1.82) is 0 Å². The van der Waals surface area contributed by atoms with Crippen molar-refractivity contribution < 1.29 is 9.53 Å². The van der Waals surface area contributed by atoms with Crippen LogP contribution >= 0.6 is 0 Å². The SMILES string of the molecule is C=CCC[C@@H](NC(=O)OCc1ccccc1)C(C)C. The molecule has 0 heterocycles. The summed E-state index contributed by atoms with van der Waals surface area (Å²) in [7, 11) is 0. The van der Waals surface area contributed by atoms with Crippen LogP contribution in [0.5, 0.6) is 0 Å². The highest BCUT2D eigenvalue weighted by Crippen LogP contribution is 2.09. The van der Waals surface area contributed by atoms with Crippen molar-refractivity contribution in [3.8, 4) is 0 Å². The van der Waals surface area contributed by atoms with Crippen molar-refractivity contribution in [2.45, 2.75) is 39.3 Å². The minimum atomic E-state index is -0.355. The standard InChI is InChI=1S/C16H23NO2/c1-4-5-11-15(13(2)3)17-16(18)19-12-14-9-7-6-8-10-14/h4,6-10,13,15H,1,5,11-12H2,2-3H3,(H,17,18)/t15-/m1/s1. The summed E-state index contributed by atoms with van der Waals surface area (Å²) in [5.74, 6) is 0.379. The molecule has 0 spiro atoms. The van der Waals surface area contributed by atoms with Gasteiger partial charge < -0.3 is 10.1 Å². The Balaban J connectivity index is 2.38. The van der Waals surface area contributed by atoms with E-state index in [4.69, 9.17) is 4.74 Å². The molecule has 1 atom stereocenters. The third-order valence-electron chi connectivity index (χ3n) is 3.00. The molecule has 19 heavy (non-hydrogen) atoms. The third kappa shape index (κ3) is 6.09. The summed E-state index contributed by atoms with van der Waals surface area (Å²) in [6.45, 7) is 8.18. The molecule has 0 saturated carbocycles. The maximum absolute atomic E-state index is 11.7. The van der Waals surface area contributed by atoms with Crippen LogP contribution in [0.1, 0.15) is 32.3 Å². The molecule has 1 aromatic rings. The number of nitrogens with one attached hydrogen (secondary N) is 1. The first-order chi connectivity index (χ1) is 9.13. The second-order valence-corrected chi connectivity index (χ2v) is 4.92. The molecule has 1 aromatic carbocycles. The molecule has 0 bridgehead atoms. The first-order valence-corrected chi connectivity index (χ1v) is 6.71. The lowest BCUT2D eigenvalue weighted by Gasteiger charge is -2.21. The smallest absolute Gasteiger partial charge is 0.407 e. The van der Waals surface area contributed by atoms with Crippen molar-refractivity contribution in [3.05, 3.63) is 48.6 Å². The lowest BCUT2D eigenvalue weighted by Crippen LogP contribution is -2.38. The Morgan fingerprint density at radius 3 is 2.63 bits per heavy atom. The van der Waals surface area contributed by atoms with Gasteiger partial charge in [0.1, 0.15) is 6.61 Å². The van der Waals surface area contributed by atoms with Crippen LogP contribution in [-0.4, -0.2) is 12.1 Å². The van der Waals surface area contributed by atoms with E-state index in [0.717, 1.165) is 18.4 Å². The zero-order chi connectivity index (χ0) is 14.1. The fraction of sp³-hybridized carbons (Fsp3) is 0.438. The molecule has 1 N–H and O–H groups in total. The van der Waals surface area contributed by atoms with Crippen molar-refractivity contribution in [1.82, 2.24) is 5.32 Å². The molecule has 0 unspecified atom stereocenters. The average Bonchev–Trinajstić information content (AvgIpc) is 2.42. The van der Waals surface area contributed by atoms with E-state index >= 15 is 0 Å². The molecule has 0 aliphatic rings. The number of allylic oxidation sites excluding steroid dienone is 1. The predicted molar refractivity (Wildman–Crippen MR) is 77.8 cm³/mol. The fourth-order valence-corrected chi connectivity index (χ4v) is 1.79. The quantitative estimate of drug-likeness (QED) is 0.756. The van der Waals surface area contributed by atoms with Crippen LogP contribution in [0, 0.1) is 5.92 Å². The number of benzene rings is 1. The Labute approximate surface area is 115 Å². The number of hydrogen-bond donors (Lipinski definition) is 1. The van der Waals surface area contributed by atoms with Gasteiger partial charge in [0.2, 0.25) is 0 Å². The maximum atomic E-state index is 11.7. The van der Waals surface area contributed by atoms with Crippen molar-refractivity contribution >= 4 is 6.09 Å². The van der Waals surface area contributed by atoms with Crippen LogP contribution in [0.4, 0.5) is 4.79 Å². The van der Waals surface area contributed by atoms with Gasteiger partial charge in [-0.25, -0.2) is 4.79 Å². The Morgan fingerprint density at radius 1 is 1.37 bits per heavy atom. The zero-order valence-corrected chi connectivity index (χ0v) is 11.8. The average molecular weight is 261 g/mol. The molecule has 1 amide bonds. The van der Waals surface area contributed by atoms with E-state index in [1.807, 2.05) is 36.4 Å². The lowest BCUT2D eigenvalue weighted by atomic mass is 9.99. The Hall–Kier alpha value is -1.77. The number of carbonyl (C=O) groups is 1. The molecule has 0 aliphatic carbocycles. The van der Waals surface area contributed by atoms with Gasteiger partial charge in [0.05, 0.1) is 0 Å². The van der Waals surface area contributed by atoms with Gasteiger partial charge in [-0.1, -0.05) is 50.3 Å². The summed E-state index contributed by atoms with van der Waals surface area (Å²) < 4.78 is 5.21. The fourth-order valence-electron chi connectivity index (χ4n) is 1.79. The second kappa shape index (κ2) is 8.35. The number of rotatable bonds is 7. The number of alkyl carbamates (subject to hydrolysis) is 1. The van der Waals surface area contributed by atoms with Gasteiger partial charge in [0.25, 0.3) is 0 Å². The predicted octanol–water partition coefficient (Wildman–Crippen LogP) is 3.90. The molecule has 1 rings (SSSR count). The highest BCUT2D eigenvalue weighted by molar-refractivity contribution is 5.67. The maximum Gasteiger partial charge on any atom is 0.407 e. The Kier molecular flexibility index (Phi) is 6.72. The van der Waals surface area contributed by atoms with Crippen LogP contribution in [0.25, 0.3) is 0 Å². The van der Waals surface area contributed by atoms with Gasteiger partial charge in [-0.05, 0) is 24.3 Å². The number of carbonyl (C=O) groups excluding carboxylic acids is 1. The largest absolute Gasteiger partial charge is 0.445 e. The van der Waals surface area contributed by atoms with Gasteiger partial charge in [0.15, 0.2) is 0 Å². The van der Waals surface area contributed by atoms with Gasteiger partial charge >= 0.3 is 6.09 Å². The summed E-state index contributed by atoms with van der Waals surface area (Å²) in [5.41, 5.74) is 0.991. The van der Waals surface area contributed by atoms with Crippen molar-refractivity contribution in [2.24, 2.45) is 5.92 Å². The van der Waals surface area contributed by atoms with Crippen LogP contribution in [0.2, 0.25) is 0 Å². The van der Waals surface area contributed by atoms with Crippen LogP contribution in [0.15, 0.2) is 43.0 Å². The first-order valence-electron chi connectivity index (χ1n) is 6.71. The van der Waals surface area contributed by atoms with Crippen molar-refractivity contribution in [2.75, 3.05) is 0 Å². The first kappa shape index (κ1) is 15.3. The van der Waals surface area contributed by atoms with Gasteiger partial charge in [0, 0.05) is 6.04 Å². The normalized spacial score (nSPS) is 11.9. The number of hydrogen-bond acceptors (Lipinski definition) is 2. The monoisotopic (exact) mass is 261 g/mol. The molecule has 104 valence electrons. The molecule has 0 fully saturated rings. The van der Waals surface area contributed by atoms with E-state index in [9.17, 15) is 4.79 Å². The molecule has 0 aliphatic heterocycles. The minimum Gasteiger partial charge on any atom is -0.445 e. The Morgan fingerprint density at radius 2 is 2.05 bits per heavy atom. The zero-order valence-electron chi connectivity index (χ0n) is 11.8.